The third-order valence-electron chi connectivity index (χ3n) is 2.59. The fourth-order valence-electron chi connectivity index (χ4n) is 1.52. The number of rotatable bonds is 5. The van der Waals surface area contributed by atoms with Gasteiger partial charge >= 0.3 is 5.97 Å². The van der Waals surface area contributed by atoms with Crippen LogP contribution in [0.3, 0.4) is 0 Å². The van der Waals surface area contributed by atoms with Crippen LogP contribution in [0.25, 0.3) is 0 Å². The van der Waals surface area contributed by atoms with Crippen LogP contribution in [0.15, 0.2) is 36.4 Å². The third-order valence-corrected chi connectivity index (χ3v) is 2.59. The highest BCUT2D eigenvalue weighted by molar-refractivity contribution is 5.72. The second-order valence-electron chi connectivity index (χ2n) is 4.35. The lowest BCUT2D eigenvalue weighted by molar-refractivity contribution is -0.151. The van der Waals surface area contributed by atoms with E-state index < -0.39 is 6.10 Å². The number of ether oxygens (including phenoxy) is 2. The molecule has 0 unspecified atom stereocenters. The van der Waals surface area contributed by atoms with E-state index in [-0.39, 0.29) is 17.5 Å². The summed E-state index contributed by atoms with van der Waals surface area (Å²) < 4.78 is 10.6. The number of nitriles is 1. The van der Waals surface area contributed by atoms with Crippen LogP contribution in [-0.4, -0.2) is 13.1 Å². The van der Waals surface area contributed by atoms with Gasteiger partial charge < -0.3 is 9.47 Å². The molecule has 0 spiro atoms. The summed E-state index contributed by atoms with van der Waals surface area (Å²) in [5.74, 6) is -0.100. The molecule has 0 N–H and O–H groups in total. The van der Waals surface area contributed by atoms with Crippen molar-refractivity contribution < 1.29 is 14.3 Å². The Kier molecular flexibility index (Phi) is 5.13. The highest BCUT2D eigenvalue weighted by Crippen LogP contribution is 2.32. The van der Waals surface area contributed by atoms with Crippen molar-refractivity contribution in [2.75, 3.05) is 7.11 Å². The lowest BCUT2D eigenvalue weighted by Gasteiger charge is -2.20. The first-order valence-corrected chi connectivity index (χ1v) is 5.93. The molecule has 19 heavy (non-hydrogen) atoms. The summed E-state index contributed by atoms with van der Waals surface area (Å²) in [5, 5.41) is 9.00. The summed E-state index contributed by atoms with van der Waals surface area (Å²) in [6.07, 6.45) is -0.809. The van der Waals surface area contributed by atoms with Crippen molar-refractivity contribution in [3.05, 3.63) is 42.0 Å². The molecule has 0 aliphatic heterocycles. The van der Waals surface area contributed by atoms with Crippen molar-refractivity contribution in [1.29, 1.82) is 5.26 Å². The van der Waals surface area contributed by atoms with Crippen molar-refractivity contribution >= 4 is 5.97 Å². The molecule has 1 atom stereocenters. The van der Waals surface area contributed by atoms with Gasteiger partial charge in [0.15, 0.2) is 6.10 Å². The Labute approximate surface area is 113 Å². The number of para-hydroxylation sites is 1. The summed E-state index contributed by atoms with van der Waals surface area (Å²) in [5.41, 5.74) is 0.782. The number of carbonyl (C=O) groups excluding carboxylic acids is 1. The van der Waals surface area contributed by atoms with E-state index in [0.717, 1.165) is 0 Å². The van der Waals surface area contributed by atoms with E-state index in [1.807, 2.05) is 6.07 Å². The molecule has 0 saturated heterocycles. The first-order chi connectivity index (χ1) is 9.01. The molecule has 0 radical (unpaired) electrons. The Morgan fingerprint density at radius 2 is 2.00 bits per heavy atom. The average molecular weight is 259 g/mol. The van der Waals surface area contributed by atoms with Gasteiger partial charge in [-0.2, -0.15) is 5.26 Å². The number of hydrogen-bond acceptors (Lipinski definition) is 4. The van der Waals surface area contributed by atoms with Gasteiger partial charge in [0.05, 0.1) is 24.7 Å². The minimum atomic E-state index is -0.809. The van der Waals surface area contributed by atoms with E-state index in [4.69, 9.17) is 14.7 Å². The molecule has 1 aromatic carbocycles. The Morgan fingerprint density at radius 1 is 1.37 bits per heavy atom. The largest absolute Gasteiger partial charge is 0.496 e. The molecule has 0 aliphatic carbocycles. The van der Waals surface area contributed by atoms with Gasteiger partial charge in [0.25, 0.3) is 0 Å². The Balaban J connectivity index is 3.14. The quantitative estimate of drug-likeness (QED) is 0.602. The molecule has 1 aromatic rings. The summed E-state index contributed by atoms with van der Waals surface area (Å²) in [6.45, 7) is 7.11. The zero-order valence-electron chi connectivity index (χ0n) is 11.3. The molecule has 0 bridgehead atoms. The fraction of sp³-hybridized carbons (Fsp3) is 0.333. The van der Waals surface area contributed by atoms with Crippen molar-refractivity contribution in [1.82, 2.24) is 0 Å². The van der Waals surface area contributed by atoms with Crippen LogP contribution in [0.5, 0.6) is 5.75 Å². The van der Waals surface area contributed by atoms with E-state index in [2.05, 4.69) is 6.58 Å². The van der Waals surface area contributed by atoms with Crippen LogP contribution < -0.4 is 4.74 Å². The number of esters is 1. The minimum Gasteiger partial charge on any atom is -0.496 e. The van der Waals surface area contributed by atoms with Gasteiger partial charge in [-0.3, -0.25) is 4.79 Å². The lowest BCUT2D eigenvalue weighted by atomic mass is 10.0. The number of nitrogens with zero attached hydrogens (tertiary/aromatic N) is 1. The molecule has 0 heterocycles. The van der Waals surface area contributed by atoms with Crippen molar-refractivity contribution in [3.8, 4) is 11.8 Å². The van der Waals surface area contributed by atoms with Crippen LogP contribution in [-0.2, 0) is 9.53 Å². The summed E-state index contributed by atoms with van der Waals surface area (Å²) >= 11 is 0. The Hall–Kier alpha value is -2.28. The van der Waals surface area contributed by atoms with Gasteiger partial charge in [0.1, 0.15) is 5.75 Å². The molecule has 0 fully saturated rings. The third kappa shape index (κ3) is 3.59. The number of methoxy groups -OCH3 is 1. The van der Waals surface area contributed by atoms with Crippen LogP contribution in [0, 0.1) is 17.2 Å². The van der Waals surface area contributed by atoms with E-state index in [1.165, 1.54) is 7.11 Å². The average Bonchev–Trinajstić information content (AvgIpc) is 2.43. The van der Waals surface area contributed by atoms with Gasteiger partial charge in [-0.15, -0.1) is 0 Å². The highest BCUT2D eigenvalue weighted by Gasteiger charge is 2.24. The Bertz CT molecular complexity index is 514. The van der Waals surface area contributed by atoms with Crippen LogP contribution in [0.2, 0.25) is 0 Å². The molecule has 0 aromatic heterocycles. The monoisotopic (exact) mass is 259 g/mol. The van der Waals surface area contributed by atoms with E-state index in [9.17, 15) is 4.79 Å². The maximum Gasteiger partial charge on any atom is 0.309 e. The molecule has 0 amide bonds. The van der Waals surface area contributed by atoms with E-state index in [0.29, 0.717) is 11.3 Å². The van der Waals surface area contributed by atoms with Crippen molar-refractivity contribution in [3.63, 3.8) is 0 Å². The molecule has 100 valence electrons. The maximum atomic E-state index is 11.7. The molecular weight excluding hydrogens is 242 g/mol. The summed E-state index contributed by atoms with van der Waals surface area (Å²) in [6, 6.07) is 9.02. The summed E-state index contributed by atoms with van der Waals surface area (Å²) in [4.78, 5) is 11.7. The van der Waals surface area contributed by atoms with Gasteiger partial charge in [-0.25, -0.2) is 0 Å². The summed E-state index contributed by atoms with van der Waals surface area (Å²) in [7, 11) is 1.52. The van der Waals surface area contributed by atoms with Gasteiger partial charge in [-0.1, -0.05) is 38.6 Å². The van der Waals surface area contributed by atoms with Gasteiger partial charge in [0.2, 0.25) is 0 Å². The zero-order valence-corrected chi connectivity index (χ0v) is 11.3. The topological polar surface area (TPSA) is 59.3 Å². The van der Waals surface area contributed by atoms with Gasteiger partial charge in [0, 0.05) is 5.56 Å². The van der Waals surface area contributed by atoms with Crippen molar-refractivity contribution in [2.45, 2.75) is 20.0 Å². The molecular formula is C15H17NO3. The highest BCUT2D eigenvalue weighted by atomic mass is 16.5. The second kappa shape index (κ2) is 6.60. The first kappa shape index (κ1) is 14.8. The predicted molar refractivity (Wildman–Crippen MR) is 71.4 cm³/mol. The van der Waals surface area contributed by atoms with Crippen LogP contribution in [0.1, 0.15) is 25.5 Å². The number of benzene rings is 1. The first-order valence-electron chi connectivity index (χ1n) is 5.93. The zero-order chi connectivity index (χ0) is 14.4. The number of hydrogen-bond donors (Lipinski definition) is 0. The molecule has 4 heteroatoms. The smallest absolute Gasteiger partial charge is 0.309 e. The molecule has 4 nitrogen and oxygen atoms in total. The van der Waals surface area contributed by atoms with Crippen LogP contribution in [0.4, 0.5) is 0 Å². The molecule has 1 rings (SSSR count). The SMILES string of the molecule is C=C(C#N)[C@H](OC(=O)C(C)C)c1ccccc1OC. The minimum absolute atomic E-state index is 0.165. The maximum absolute atomic E-state index is 11.7. The normalized spacial score (nSPS) is 11.5. The molecule has 0 saturated carbocycles. The Morgan fingerprint density at radius 3 is 2.53 bits per heavy atom. The fourth-order valence-corrected chi connectivity index (χ4v) is 1.52. The standard InChI is InChI=1S/C15H17NO3/c1-10(2)15(17)19-14(11(3)9-16)12-7-5-6-8-13(12)18-4/h5-8,10,14H,3H2,1-2,4H3/t14-/m0/s1. The second-order valence-corrected chi connectivity index (χ2v) is 4.35. The number of carbonyl (C=O) groups is 1. The van der Waals surface area contributed by atoms with Crippen LogP contribution >= 0.6 is 0 Å². The molecule has 0 aliphatic rings. The van der Waals surface area contributed by atoms with Crippen molar-refractivity contribution in [2.24, 2.45) is 5.92 Å². The van der Waals surface area contributed by atoms with Gasteiger partial charge in [-0.05, 0) is 6.07 Å². The van der Waals surface area contributed by atoms with E-state index in [1.54, 1.807) is 38.1 Å². The predicted octanol–water partition coefficient (Wildman–Crippen LogP) is 3.02. The van der Waals surface area contributed by atoms with E-state index >= 15 is 0 Å². The lowest BCUT2D eigenvalue weighted by Crippen LogP contribution is -2.17.